The maximum atomic E-state index is 12.9. The van der Waals surface area contributed by atoms with Crippen LogP contribution in [0.5, 0.6) is 0 Å². The van der Waals surface area contributed by atoms with E-state index in [-0.39, 0.29) is 11.8 Å². The molecule has 0 rings (SSSR count). The minimum absolute atomic E-state index is 0.0291. The number of unbranched alkanes of at least 4 members (excludes halogenated alkanes) is 1. The predicted molar refractivity (Wildman–Crippen MR) is 99.8 cm³/mol. The second kappa shape index (κ2) is 10.5. The van der Waals surface area contributed by atoms with E-state index in [0.29, 0.717) is 19.4 Å². The third-order valence-electron chi connectivity index (χ3n) is 5.17. The van der Waals surface area contributed by atoms with E-state index in [1.165, 1.54) is 0 Å². The fourth-order valence-corrected chi connectivity index (χ4v) is 3.40. The molecule has 0 bridgehead atoms. The van der Waals surface area contributed by atoms with Crippen molar-refractivity contribution in [3.05, 3.63) is 0 Å². The van der Waals surface area contributed by atoms with Crippen LogP contribution in [0.15, 0.2) is 0 Å². The quantitative estimate of drug-likeness (QED) is 0.405. The number of rotatable bonds is 12. The molecule has 0 spiro atoms. The Bertz CT molecular complexity index is 392. The molecular weight excluding hydrogens is 320 g/mol. The summed E-state index contributed by atoms with van der Waals surface area (Å²) in [5.74, 6) is -0.331. The molecular formula is C20H40O5. The third-order valence-corrected chi connectivity index (χ3v) is 5.17. The van der Waals surface area contributed by atoms with Gasteiger partial charge < -0.3 is 10.2 Å². The van der Waals surface area contributed by atoms with E-state index in [9.17, 15) is 15.0 Å². The molecule has 5 heteroatoms. The Morgan fingerprint density at radius 1 is 1.08 bits per heavy atom. The van der Waals surface area contributed by atoms with Crippen LogP contribution in [0.4, 0.5) is 0 Å². The van der Waals surface area contributed by atoms with Crippen LogP contribution in [0.1, 0.15) is 81.1 Å². The molecule has 0 aromatic heterocycles. The topological polar surface area (TPSA) is 76.0 Å². The Kier molecular flexibility index (Phi) is 10.2. The Morgan fingerprint density at radius 3 is 2.04 bits per heavy atom. The van der Waals surface area contributed by atoms with Crippen molar-refractivity contribution >= 4 is 5.97 Å². The molecule has 0 amide bonds. The van der Waals surface area contributed by atoms with Crippen molar-refractivity contribution in [3.8, 4) is 0 Å². The predicted octanol–water partition coefficient (Wildman–Crippen LogP) is 4.11. The molecule has 0 saturated carbocycles. The lowest BCUT2D eigenvalue weighted by Gasteiger charge is -2.46. The lowest BCUT2D eigenvalue weighted by Crippen LogP contribution is -2.55. The summed E-state index contributed by atoms with van der Waals surface area (Å²) in [6.45, 7) is 15.6. The Hall–Kier alpha value is -0.650. The summed E-state index contributed by atoms with van der Waals surface area (Å²) in [5, 5.41) is 21.8. The Labute approximate surface area is 154 Å². The largest absolute Gasteiger partial charge is 0.392 e. The van der Waals surface area contributed by atoms with Crippen molar-refractivity contribution in [2.75, 3.05) is 6.61 Å². The van der Waals surface area contributed by atoms with E-state index >= 15 is 0 Å². The van der Waals surface area contributed by atoms with E-state index in [1.807, 2.05) is 41.5 Å². The minimum Gasteiger partial charge on any atom is -0.392 e. The molecule has 150 valence electrons. The zero-order chi connectivity index (χ0) is 19.8. The number of aliphatic hydroxyl groups excluding tert-OH is 2. The molecule has 0 aliphatic rings. The highest BCUT2D eigenvalue weighted by atomic mass is 17.2. The first kappa shape index (κ1) is 24.4. The van der Waals surface area contributed by atoms with Crippen molar-refractivity contribution in [1.29, 1.82) is 0 Å². The molecule has 0 aliphatic heterocycles. The first-order valence-corrected chi connectivity index (χ1v) is 9.67. The van der Waals surface area contributed by atoms with Crippen molar-refractivity contribution in [1.82, 2.24) is 0 Å². The van der Waals surface area contributed by atoms with Gasteiger partial charge >= 0.3 is 5.97 Å². The van der Waals surface area contributed by atoms with E-state index in [4.69, 9.17) is 9.78 Å². The van der Waals surface area contributed by atoms with Gasteiger partial charge in [0.05, 0.1) is 24.2 Å². The van der Waals surface area contributed by atoms with Gasteiger partial charge in [-0.3, -0.25) is 4.89 Å². The highest BCUT2D eigenvalue weighted by Crippen LogP contribution is 2.45. The highest BCUT2D eigenvalue weighted by Gasteiger charge is 2.53. The molecule has 0 radical (unpaired) electrons. The van der Waals surface area contributed by atoms with Crippen molar-refractivity contribution in [2.45, 2.75) is 93.3 Å². The van der Waals surface area contributed by atoms with Gasteiger partial charge in [-0.05, 0) is 24.7 Å². The molecule has 0 heterocycles. The van der Waals surface area contributed by atoms with Gasteiger partial charge in [0.2, 0.25) is 0 Å². The summed E-state index contributed by atoms with van der Waals surface area (Å²) in [5.41, 5.74) is -1.94. The lowest BCUT2D eigenvalue weighted by atomic mass is 9.63. The van der Waals surface area contributed by atoms with E-state index in [1.54, 1.807) is 13.8 Å². The zero-order valence-corrected chi connectivity index (χ0v) is 17.5. The number of aliphatic hydroxyl groups is 2. The molecule has 2 N–H and O–H groups in total. The second-order valence-electron chi connectivity index (χ2n) is 8.58. The van der Waals surface area contributed by atoms with E-state index in [0.717, 1.165) is 12.8 Å². The number of carbonyl (C=O) groups is 1. The first-order chi connectivity index (χ1) is 11.5. The van der Waals surface area contributed by atoms with Crippen LogP contribution in [-0.4, -0.2) is 35.0 Å². The lowest BCUT2D eigenvalue weighted by molar-refractivity contribution is -0.292. The van der Waals surface area contributed by atoms with Crippen molar-refractivity contribution in [3.63, 3.8) is 0 Å². The van der Waals surface area contributed by atoms with Gasteiger partial charge in [-0.2, -0.15) is 4.89 Å². The van der Waals surface area contributed by atoms with Crippen LogP contribution in [0.2, 0.25) is 0 Å². The fourth-order valence-electron chi connectivity index (χ4n) is 3.40. The molecule has 5 nitrogen and oxygen atoms in total. The molecule has 0 aromatic rings. The highest BCUT2D eigenvalue weighted by molar-refractivity contribution is 5.77. The summed E-state index contributed by atoms with van der Waals surface area (Å²) in [7, 11) is 0. The van der Waals surface area contributed by atoms with Gasteiger partial charge in [0, 0.05) is 5.41 Å². The molecule has 0 saturated heterocycles. The monoisotopic (exact) mass is 360 g/mol. The third kappa shape index (κ3) is 6.22. The Morgan fingerprint density at radius 2 is 1.64 bits per heavy atom. The fraction of sp³-hybridized carbons (Fsp3) is 0.950. The average Bonchev–Trinajstić information content (AvgIpc) is 2.54. The number of hydrogen-bond acceptors (Lipinski definition) is 5. The summed E-state index contributed by atoms with van der Waals surface area (Å²) < 4.78 is 0. The number of hydrogen-bond donors (Lipinski definition) is 2. The molecule has 3 unspecified atom stereocenters. The summed E-state index contributed by atoms with van der Waals surface area (Å²) in [4.78, 5) is 23.0. The standard InChI is InChI=1S/C20H40O5/c1-9-11-12-20(10-2,18(23)25-24-13-14(3)4)17(22)19(7,8)16(21)15(5)6/h14-17,21-22H,9-13H2,1-8H3. The van der Waals surface area contributed by atoms with E-state index < -0.39 is 29.0 Å². The first-order valence-electron chi connectivity index (χ1n) is 9.67. The maximum absolute atomic E-state index is 12.9. The van der Waals surface area contributed by atoms with Crippen LogP contribution in [0, 0.1) is 22.7 Å². The average molecular weight is 361 g/mol. The van der Waals surface area contributed by atoms with Crippen molar-refractivity contribution in [2.24, 2.45) is 22.7 Å². The molecule has 0 fully saturated rings. The molecule has 25 heavy (non-hydrogen) atoms. The molecule has 0 aromatic carbocycles. The van der Waals surface area contributed by atoms with Gasteiger partial charge in [0.1, 0.15) is 0 Å². The Balaban J connectivity index is 5.59. The second-order valence-corrected chi connectivity index (χ2v) is 8.58. The van der Waals surface area contributed by atoms with E-state index in [2.05, 4.69) is 0 Å². The zero-order valence-electron chi connectivity index (χ0n) is 17.5. The van der Waals surface area contributed by atoms with Gasteiger partial charge in [-0.25, -0.2) is 4.79 Å². The van der Waals surface area contributed by atoms with Gasteiger partial charge in [0.25, 0.3) is 0 Å². The van der Waals surface area contributed by atoms with Gasteiger partial charge in [0.15, 0.2) is 0 Å². The van der Waals surface area contributed by atoms with Crippen LogP contribution in [-0.2, 0) is 14.6 Å². The van der Waals surface area contributed by atoms with Crippen molar-refractivity contribution < 1.29 is 24.8 Å². The van der Waals surface area contributed by atoms with Crippen LogP contribution in [0.3, 0.4) is 0 Å². The van der Waals surface area contributed by atoms with Crippen LogP contribution < -0.4 is 0 Å². The van der Waals surface area contributed by atoms with Crippen LogP contribution in [0.25, 0.3) is 0 Å². The molecule has 3 atom stereocenters. The number of carbonyl (C=O) groups excluding carboxylic acids is 1. The smallest absolute Gasteiger partial charge is 0.351 e. The van der Waals surface area contributed by atoms with Crippen LogP contribution >= 0.6 is 0 Å². The van der Waals surface area contributed by atoms with Gasteiger partial charge in [-0.15, -0.1) is 0 Å². The summed E-state index contributed by atoms with van der Waals surface area (Å²) in [6, 6.07) is 0. The summed E-state index contributed by atoms with van der Waals surface area (Å²) in [6.07, 6.45) is 0.842. The maximum Gasteiger partial charge on any atom is 0.351 e. The normalized spacial score (nSPS) is 17.4. The van der Waals surface area contributed by atoms with Gasteiger partial charge in [-0.1, -0.05) is 68.2 Å². The summed E-state index contributed by atoms with van der Waals surface area (Å²) >= 11 is 0. The SMILES string of the molecule is CCCCC(CC)(C(=O)OOCC(C)C)C(O)C(C)(C)C(O)C(C)C. The minimum atomic E-state index is -1.09. The molecule has 0 aliphatic carbocycles.